The molecule has 2 N–H and O–H groups in total. The number of piperidine rings is 2. The van der Waals surface area contributed by atoms with Crippen molar-refractivity contribution in [3.05, 3.63) is 47.0 Å². The van der Waals surface area contributed by atoms with Gasteiger partial charge in [0.2, 0.25) is 10.0 Å². The van der Waals surface area contributed by atoms with Crippen LogP contribution in [0.2, 0.25) is 5.02 Å². The number of hydrogen-bond donors (Lipinski definition) is 2. The number of nitrogens with zero attached hydrogens (tertiary/aromatic N) is 2. The Bertz CT molecular complexity index is 1170. The van der Waals surface area contributed by atoms with Crippen molar-refractivity contribution in [1.82, 2.24) is 4.31 Å². The van der Waals surface area contributed by atoms with Crippen LogP contribution >= 0.6 is 23.8 Å². The highest BCUT2D eigenvalue weighted by Crippen LogP contribution is 2.34. The first-order valence-corrected chi connectivity index (χ1v) is 14.6. The summed E-state index contributed by atoms with van der Waals surface area (Å²) in [5, 5.41) is 7.52. The second kappa shape index (κ2) is 11.0. The smallest absolute Gasteiger partial charge is 0.243 e. The predicted octanol–water partition coefficient (Wildman–Crippen LogP) is 6.11. The molecule has 0 bridgehead atoms. The zero-order valence-corrected chi connectivity index (χ0v) is 23.1. The molecule has 0 aromatic heterocycles. The molecule has 2 aliphatic heterocycles. The lowest BCUT2D eigenvalue weighted by molar-refractivity contribution is 0.288. The monoisotopic (exact) mass is 534 g/mol. The molecule has 0 amide bonds. The van der Waals surface area contributed by atoms with E-state index in [1.807, 2.05) is 31.2 Å². The highest BCUT2D eigenvalue weighted by atomic mass is 35.5. The minimum absolute atomic E-state index is 0.297. The third-order valence-electron chi connectivity index (χ3n) is 7.17. The Kier molecular flexibility index (Phi) is 8.26. The fraction of sp³-hybridized carbons (Fsp3) is 0.500. The fourth-order valence-electron chi connectivity index (χ4n) is 4.68. The Hall–Kier alpha value is -1.87. The average molecular weight is 535 g/mol. The van der Waals surface area contributed by atoms with Gasteiger partial charge in [0.15, 0.2) is 5.11 Å². The summed E-state index contributed by atoms with van der Waals surface area (Å²) >= 11 is 11.8. The number of thiocarbonyl (C=S) groups is 1. The van der Waals surface area contributed by atoms with Gasteiger partial charge < -0.3 is 15.5 Å². The zero-order valence-electron chi connectivity index (χ0n) is 20.7. The molecule has 2 fully saturated rings. The zero-order chi connectivity index (χ0) is 25.2. The molecule has 190 valence electrons. The third kappa shape index (κ3) is 6.28. The van der Waals surface area contributed by atoms with Crippen LogP contribution in [-0.2, 0) is 10.0 Å². The molecule has 9 heteroatoms. The molecule has 4 rings (SSSR count). The summed E-state index contributed by atoms with van der Waals surface area (Å²) in [5.74, 6) is 1.25. The van der Waals surface area contributed by atoms with Crippen LogP contribution in [0.1, 0.15) is 45.1 Å². The molecule has 2 aromatic rings. The first-order chi connectivity index (χ1) is 16.6. The predicted molar refractivity (Wildman–Crippen MR) is 150 cm³/mol. The number of aryl methyl sites for hydroxylation is 1. The molecule has 35 heavy (non-hydrogen) atoms. The first kappa shape index (κ1) is 26.2. The number of benzene rings is 2. The molecule has 0 saturated carbocycles. The topological polar surface area (TPSA) is 64.7 Å². The van der Waals surface area contributed by atoms with E-state index in [1.165, 1.54) is 0 Å². The Balaban J connectivity index is 1.62. The molecule has 2 aliphatic rings. The van der Waals surface area contributed by atoms with E-state index in [4.69, 9.17) is 23.8 Å². The minimum atomic E-state index is -3.58. The van der Waals surface area contributed by atoms with Crippen molar-refractivity contribution in [2.75, 3.05) is 41.7 Å². The van der Waals surface area contributed by atoms with E-state index in [2.05, 4.69) is 29.4 Å². The van der Waals surface area contributed by atoms with Crippen molar-refractivity contribution >= 4 is 56.0 Å². The lowest BCUT2D eigenvalue weighted by Crippen LogP contribution is -2.38. The summed E-state index contributed by atoms with van der Waals surface area (Å²) in [6.45, 7) is 9.42. The van der Waals surface area contributed by atoms with E-state index in [9.17, 15) is 8.42 Å². The van der Waals surface area contributed by atoms with Gasteiger partial charge in [-0.1, -0.05) is 31.5 Å². The summed E-state index contributed by atoms with van der Waals surface area (Å²) in [7, 11) is -3.58. The molecule has 2 aromatic carbocycles. The van der Waals surface area contributed by atoms with Crippen LogP contribution < -0.4 is 15.5 Å². The molecular weight excluding hydrogens is 500 g/mol. The highest BCUT2D eigenvalue weighted by molar-refractivity contribution is 7.89. The van der Waals surface area contributed by atoms with Gasteiger partial charge >= 0.3 is 0 Å². The van der Waals surface area contributed by atoms with Gasteiger partial charge in [0.05, 0.1) is 16.3 Å². The van der Waals surface area contributed by atoms with E-state index in [1.54, 1.807) is 16.4 Å². The summed E-state index contributed by atoms with van der Waals surface area (Å²) in [6, 6.07) is 11.0. The largest absolute Gasteiger partial charge is 0.370 e. The lowest BCUT2D eigenvalue weighted by Gasteiger charge is -2.34. The van der Waals surface area contributed by atoms with Crippen LogP contribution in [0.5, 0.6) is 0 Å². The number of rotatable bonds is 5. The molecule has 0 atom stereocenters. The van der Waals surface area contributed by atoms with Crippen LogP contribution in [0, 0.1) is 18.8 Å². The maximum absolute atomic E-state index is 13.5. The van der Waals surface area contributed by atoms with Crippen LogP contribution in [0.15, 0.2) is 41.3 Å². The quantitative estimate of drug-likeness (QED) is 0.451. The van der Waals surface area contributed by atoms with E-state index in [-0.39, 0.29) is 0 Å². The lowest BCUT2D eigenvalue weighted by atomic mass is 9.98. The van der Waals surface area contributed by atoms with Gasteiger partial charge in [-0.2, -0.15) is 4.31 Å². The minimum Gasteiger partial charge on any atom is -0.370 e. The van der Waals surface area contributed by atoms with Crippen molar-refractivity contribution in [2.24, 2.45) is 11.8 Å². The van der Waals surface area contributed by atoms with E-state index < -0.39 is 10.0 Å². The molecule has 2 heterocycles. The summed E-state index contributed by atoms with van der Waals surface area (Å²) < 4.78 is 28.5. The first-order valence-electron chi connectivity index (χ1n) is 12.4. The second-order valence-electron chi connectivity index (χ2n) is 9.97. The molecule has 6 nitrogen and oxygen atoms in total. The number of sulfonamides is 1. The molecule has 0 unspecified atom stereocenters. The number of hydrogen-bond acceptors (Lipinski definition) is 4. The van der Waals surface area contributed by atoms with Gasteiger partial charge in [-0.15, -0.1) is 0 Å². The van der Waals surface area contributed by atoms with Crippen LogP contribution in [0.25, 0.3) is 0 Å². The maximum atomic E-state index is 13.5. The van der Waals surface area contributed by atoms with Crippen molar-refractivity contribution in [3.63, 3.8) is 0 Å². The van der Waals surface area contributed by atoms with Gasteiger partial charge in [0.1, 0.15) is 0 Å². The number of anilines is 3. The fourth-order valence-corrected chi connectivity index (χ4v) is 6.57. The standard InChI is InChI=1S/C26H35ClN4O2S2/c1-18-8-12-30(13-9-18)25-7-6-22(35(32,33)31-14-10-19(2)11-15-31)17-24(25)29-26(34)28-23-16-21(27)5-4-20(23)3/h4-7,16-19H,8-15H2,1-3H3,(H2,28,29,34). The van der Waals surface area contributed by atoms with Gasteiger partial charge in [0.25, 0.3) is 0 Å². The highest BCUT2D eigenvalue weighted by Gasteiger charge is 2.29. The van der Waals surface area contributed by atoms with Crippen molar-refractivity contribution in [1.29, 1.82) is 0 Å². The van der Waals surface area contributed by atoms with E-state index in [0.29, 0.717) is 45.6 Å². The second-order valence-corrected chi connectivity index (χ2v) is 12.8. The molecule has 2 saturated heterocycles. The summed E-state index contributed by atoms with van der Waals surface area (Å²) in [5.41, 5.74) is 3.49. The van der Waals surface area contributed by atoms with Crippen molar-refractivity contribution in [3.8, 4) is 0 Å². The van der Waals surface area contributed by atoms with Crippen LogP contribution in [0.3, 0.4) is 0 Å². The van der Waals surface area contributed by atoms with Gasteiger partial charge in [0, 0.05) is 36.9 Å². The maximum Gasteiger partial charge on any atom is 0.243 e. The van der Waals surface area contributed by atoms with Gasteiger partial charge in [-0.05, 0) is 92.6 Å². The third-order valence-corrected chi connectivity index (χ3v) is 9.50. The van der Waals surface area contributed by atoms with Crippen molar-refractivity contribution in [2.45, 2.75) is 51.3 Å². The Morgan fingerprint density at radius 2 is 1.51 bits per heavy atom. The van der Waals surface area contributed by atoms with Gasteiger partial charge in [-0.3, -0.25) is 0 Å². The summed E-state index contributed by atoms with van der Waals surface area (Å²) in [6.07, 6.45) is 3.99. The molecular formula is C26H35ClN4O2S2. The van der Waals surface area contributed by atoms with Crippen molar-refractivity contribution < 1.29 is 8.42 Å². The summed E-state index contributed by atoms with van der Waals surface area (Å²) in [4.78, 5) is 2.61. The Morgan fingerprint density at radius 1 is 0.914 bits per heavy atom. The SMILES string of the molecule is Cc1ccc(Cl)cc1NC(=S)Nc1cc(S(=O)(=O)N2CCC(C)CC2)ccc1N1CCC(C)CC1. The van der Waals surface area contributed by atoms with Crippen LogP contribution in [-0.4, -0.2) is 44.0 Å². The van der Waals surface area contributed by atoms with E-state index >= 15 is 0 Å². The normalized spacial score (nSPS) is 18.5. The number of halogens is 1. The van der Waals surface area contributed by atoms with Crippen LogP contribution in [0.4, 0.5) is 17.1 Å². The molecule has 0 radical (unpaired) electrons. The average Bonchev–Trinajstić information content (AvgIpc) is 2.82. The van der Waals surface area contributed by atoms with Gasteiger partial charge in [-0.25, -0.2) is 8.42 Å². The molecule has 0 aliphatic carbocycles. The Morgan fingerprint density at radius 3 is 2.17 bits per heavy atom. The van der Waals surface area contributed by atoms with E-state index in [0.717, 1.165) is 55.7 Å². The number of nitrogens with one attached hydrogen (secondary N) is 2. The molecule has 0 spiro atoms. The Labute approximate surface area is 220 Å².